The highest BCUT2D eigenvalue weighted by Gasteiger charge is 2.21. The summed E-state index contributed by atoms with van der Waals surface area (Å²) in [5.74, 6) is 7.64. The van der Waals surface area contributed by atoms with Gasteiger partial charge in [-0.1, -0.05) is 44.2 Å². The molecule has 2 aromatic carbocycles. The van der Waals surface area contributed by atoms with Crippen LogP contribution in [-0.2, 0) is 9.47 Å². The minimum Gasteiger partial charge on any atom is -0.494 e. The summed E-state index contributed by atoms with van der Waals surface area (Å²) in [5.41, 5.74) is 3.23. The molecule has 1 saturated heterocycles. The van der Waals surface area contributed by atoms with E-state index < -0.39 is 0 Å². The second-order valence-electron chi connectivity index (χ2n) is 6.80. The molecule has 0 bridgehead atoms. The van der Waals surface area contributed by atoms with E-state index in [1.807, 2.05) is 24.3 Å². The molecule has 3 rings (SSSR count). The predicted molar refractivity (Wildman–Crippen MR) is 108 cm³/mol. The Balaban J connectivity index is 1.56. The van der Waals surface area contributed by atoms with E-state index in [9.17, 15) is 0 Å². The average molecular weight is 364 g/mol. The van der Waals surface area contributed by atoms with Gasteiger partial charge in [0, 0.05) is 17.0 Å². The van der Waals surface area contributed by atoms with Crippen LogP contribution in [0.2, 0.25) is 0 Å². The van der Waals surface area contributed by atoms with Gasteiger partial charge < -0.3 is 14.2 Å². The molecule has 0 aliphatic carbocycles. The Morgan fingerprint density at radius 2 is 1.48 bits per heavy atom. The molecule has 0 unspecified atom stereocenters. The van der Waals surface area contributed by atoms with E-state index in [0.717, 1.165) is 56.0 Å². The molecule has 0 atom stereocenters. The molecule has 0 N–H and O–H groups in total. The fourth-order valence-corrected chi connectivity index (χ4v) is 2.92. The highest BCUT2D eigenvalue weighted by atomic mass is 16.7. The first-order valence-corrected chi connectivity index (χ1v) is 9.86. The van der Waals surface area contributed by atoms with Crippen LogP contribution in [0.4, 0.5) is 0 Å². The molecule has 142 valence electrons. The van der Waals surface area contributed by atoms with Crippen molar-refractivity contribution in [3.8, 4) is 17.6 Å². The summed E-state index contributed by atoms with van der Waals surface area (Å²) < 4.78 is 17.1. The van der Waals surface area contributed by atoms with Crippen molar-refractivity contribution in [2.24, 2.45) is 0 Å². The highest BCUT2D eigenvalue weighted by Crippen LogP contribution is 2.23. The number of unbranched alkanes of at least 4 members (excludes halogenated alkanes) is 1. The molecule has 1 heterocycles. The third-order valence-corrected chi connectivity index (χ3v) is 4.65. The molecule has 27 heavy (non-hydrogen) atoms. The van der Waals surface area contributed by atoms with E-state index in [1.54, 1.807) is 0 Å². The first-order valence-electron chi connectivity index (χ1n) is 9.86. The first kappa shape index (κ1) is 19.5. The van der Waals surface area contributed by atoms with Crippen molar-refractivity contribution in [3.05, 3.63) is 65.2 Å². The molecular formula is C24H28O3. The van der Waals surface area contributed by atoms with Gasteiger partial charge in [-0.15, -0.1) is 0 Å². The summed E-state index contributed by atoms with van der Waals surface area (Å²) in [6, 6.07) is 16.3. The zero-order valence-electron chi connectivity index (χ0n) is 16.2. The van der Waals surface area contributed by atoms with Crippen LogP contribution in [0.1, 0.15) is 55.7 Å². The summed E-state index contributed by atoms with van der Waals surface area (Å²) in [6.45, 7) is 6.44. The van der Waals surface area contributed by atoms with Gasteiger partial charge in [-0.05, 0) is 54.8 Å². The van der Waals surface area contributed by atoms with Gasteiger partial charge in [0.25, 0.3) is 0 Å². The van der Waals surface area contributed by atoms with Gasteiger partial charge in [0.1, 0.15) is 5.75 Å². The summed E-state index contributed by atoms with van der Waals surface area (Å²) >= 11 is 0. The van der Waals surface area contributed by atoms with Crippen LogP contribution in [0.15, 0.2) is 48.5 Å². The van der Waals surface area contributed by atoms with Gasteiger partial charge in [-0.2, -0.15) is 0 Å². The Morgan fingerprint density at radius 1 is 0.889 bits per heavy atom. The van der Waals surface area contributed by atoms with E-state index in [0.29, 0.717) is 5.92 Å². The predicted octanol–water partition coefficient (Wildman–Crippen LogP) is 5.13. The smallest absolute Gasteiger partial charge is 0.157 e. The van der Waals surface area contributed by atoms with E-state index in [-0.39, 0.29) is 6.29 Å². The van der Waals surface area contributed by atoms with Gasteiger partial charge in [0.05, 0.1) is 19.8 Å². The van der Waals surface area contributed by atoms with Gasteiger partial charge in [0.2, 0.25) is 0 Å². The van der Waals surface area contributed by atoms with Gasteiger partial charge in [-0.25, -0.2) is 0 Å². The Kier molecular flexibility index (Phi) is 7.33. The molecule has 0 aromatic heterocycles. The lowest BCUT2D eigenvalue weighted by Gasteiger charge is -2.29. The van der Waals surface area contributed by atoms with Gasteiger partial charge >= 0.3 is 0 Å². The molecular weight excluding hydrogens is 336 g/mol. The standard InChI is InChI=1S/C24H28O3/c1-3-5-16-25-23-14-10-20(11-15-23)7-6-19-8-12-21(13-9-19)22-17-26-24(4-2)27-18-22/h8-15,22,24H,3-5,16-18H2,1-2H3. The van der Waals surface area contributed by atoms with Crippen molar-refractivity contribution < 1.29 is 14.2 Å². The van der Waals surface area contributed by atoms with Crippen LogP contribution in [0.5, 0.6) is 5.75 Å². The van der Waals surface area contributed by atoms with E-state index in [4.69, 9.17) is 14.2 Å². The zero-order chi connectivity index (χ0) is 18.9. The Morgan fingerprint density at radius 3 is 2.04 bits per heavy atom. The number of hydrogen-bond donors (Lipinski definition) is 0. The Bertz CT molecular complexity index is 745. The lowest BCUT2D eigenvalue weighted by Crippen LogP contribution is -2.30. The van der Waals surface area contributed by atoms with Crippen LogP contribution in [0.3, 0.4) is 0 Å². The maximum atomic E-state index is 5.71. The molecule has 3 heteroatoms. The molecule has 1 aliphatic rings. The van der Waals surface area contributed by atoms with E-state index in [1.165, 1.54) is 5.56 Å². The van der Waals surface area contributed by atoms with Crippen molar-refractivity contribution in [2.75, 3.05) is 19.8 Å². The molecule has 1 fully saturated rings. The average Bonchev–Trinajstić information content (AvgIpc) is 2.74. The lowest BCUT2D eigenvalue weighted by atomic mass is 9.99. The van der Waals surface area contributed by atoms with Crippen LogP contribution < -0.4 is 4.74 Å². The SMILES string of the molecule is CCCCOc1ccc(C#Cc2ccc(C3COC(CC)OC3)cc2)cc1. The normalized spacial score (nSPS) is 19.2. The van der Waals surface area contributed by atoms with Crippen molar-refractivity contribution in [1.29, 1.82) is 0 Å². The van der Waals surface area contributed by atoms with Crippen molar-refractivity contribution in [2.45, 2.75) is 45.3 Å². The van der Waals surface area contributed by atoms with Gasteiger partial charge in [0.15, 0.2) is 6.29 Å². The zero-order valence-corrected chi connectivity index (χ0v) is 16.2. The second-order valence-corrected chi connectivity index (χ2v) is 6.80. The fraction of sp³-hybridized carbons (Fsp3) is 0.417. The van der Waals surface area contributed by atoms with Gasteiger partial charge in [-0.3, -0.25) is 0 Å². The van der Waals surface area contributed by atoms with E-state index >= 15 is 0 Å². The first-order chi connectivity index (χ1) is 13.3. The largest absolute Gasteiger partial charge is 0.494 e. The lowest BCUT2D eigenvalue weighted by molar-refractivity contribution is -0.187. The maximum Gasteiger partial charge on any atom is 0.157 e. The van der Waals surface area contributed by atoms with Crippen LogP contribution >= 0.6 is 0 Å². The quantitative estimate of drug-likeness (QED) is 0.525. The third-order valence-electron chi connectivity index (χ3n) is 4.65. The highest BCUT2D eigenvalue weighted by molar-refractivity contribution is 5.45. The fourth-order valence-electron chi connectivity index (χ4n) is 2.92. The minimum absolute atomic E-state index is 0.0465. The number of hydrogen-bond acceptors (Lipinski definition) is 3. The van der Waals surface area contributed by atoms with Crippen LogP contribution in [0.25, 0.3) is 0 Å². The molecule has 0 saturated carbocycles. The van der Waals surface area contributed by atoms with Crippen molar-refractivity contribution >= 4 is 0 Å². The molecule has 1 aliphatic heterocycles. The summed E-state index contributed by atoms with van der Waals surface area (Å²) in [7, 11) is 0. The molecule has 0 radical (unpaired) electrons. The number of benzene rings is 2. The monoisotopic (exact) mass is 364 g/mol. The molecule has 0 amide bonds. The molecule has 3 nitrogen and oxygen atoms in total. The van der Waals surface area contributed by atoms with Crippen LogP contribution in [0, 0.1) is 11.8 Å². The van der Waals surface area contributed by atoms with E-state index in [2.05, 4.69) is 50.0 Å². The number of ether oxygens (including phenoxy) is 3. The summed E-state index contributed by atoms with van der Waals surface area (Å²) in [4.78, 5) is 0. The Labute approximate surface area is 162 Å². The number of rotatable bonds is 6. The third kappa shape index (κ3) is 5.85. The summed E-state index contributed by atoms with van der Waals surface area (Å²) in [6.07, 6.45) is 3.07. The second kappa shape index (κ2) is 10.2. The maximum absolute atomic E-state index is 5.71. The van der Waals surface area contributed by atoms with Crippen molar-refractivity contribution in [3.63, 3.8) is 0 Å². The minimum atomic E-state index is -0.0465. The van der Waals surface area contributed by atoms with Crippen molar-refractivity contribution in [1.82, 2.24) is 0 Å². The molecule has 2 aromatic rings. The molecule has 0 spiro atoms. The summed E-state index contributed by atoms with van der Waals surface area (Å²) in [5, 5.41) is 0. The Hall–Kier alpha value is -2.28. The topological polar surface area (TPSA) is 27.7 Å². The van der Waals surface area contributed by atoms with Crippen LogP contribution in [-0.4, -0.2) is 26.1 Å².